The average Bonchev–Trinajstić information content (AvgIpc) is 2.93. The van der Waals surface area contributed by atoms with Crippen molar-refractivity contribution in [3.05, 3.63) is 48.6 Å². The number of hydrogen-bond acceptors (Lipinski definition) is 4. The minimum Gasteiger partial charge on any atom is -0.447 e. The number of cyclic esters (lactones) is 1. The molecule has 0 aromatic heterocycles. The van der Waals surface area contributed by atoms with Crippen molar-refractivity contribution < 1.29 is 19.1 Å². The zero-order valence-electron chi connectivity index (χ0n) is 13.6. The van der Waals surface area contributed by atoms with Crippen molar-refractivity contribution in [2.45, 2.75) is 39.0 Å². The molecule has 1 aromatic rings. The van der Waals surface area contributed by atoms with Crippen LogP contribution in [0.15, 0.2) is 43.0 Å². The molecule has 2 amide bonds. The number of carbonyl (C=O) groups is 2. The van der Waals surface area contributed by atoms with Gasteiger partial charge in [-0.3, -0.25) is 4.79 Å². The predicted molar refractivity (Wildman–Crippen MR) is 86.7 cm³/mol. The van der Waals surface area contributed by atoms with Crippen molar-refractivity contribution in [1.29, 1.82) is 0 Å². The third-order valence-corrected chi connectivity index (χ3v) is 3.86. The molecule has 0 unspecified atom stereocenters. The Morgan fingerprint density at radius 1 is 1.43 bits per heavy atom. The van der Waals surface area contributed by atoms with E-state index < -0.39 is 12.2 Å². The highest BCUT2D eigenvalue weighted by Gasteiger charge is 2.42. The Hall–Kier alpha value is -2.14. The SMILES string of the molecule is C=CC[C@@H](OCc1ccccc1)C(=O)N1C(=O)OC[C@@H]1C(C)C. The first-order chi connectivity index (χ1) is 11.0. The van der Waals surface area contributed by atoms with E-state index >= 15 is 0 Å². The predicted octanol–water partition coefficient (Wildman–Crippen LogP) is 3.15. The highest BCUT2D eigenvalue weighted by Crippen LogP contribution is 2.22. The molecule has 0 aliphatic carbocycles. The lowest BCUT2D eigenvalue weighted by Gasteiger charge is -2.26. The first kappa shape index (κ1) is 17.2. The first-order valence-electron chi connectivity index (χ1n) is 7.80. The fourth-order valence-corrected chi connectivity index (χ4v) is 2.50. The fourth-order valence-electron chi connectivity index (χ4n) is 2.50. The molecule has 5 heteroatoms. The van der Waals surface area contributed by atoms with E-state index in [1.807, 2.05) is 44.2 Å². The lowest BCUT2D eigenvalue weighted by atomic mass is 10.0. The topological polar surface area (TPSA) is 55.8 Å². The van der Waals surface area contributed by atoms with Gasteiger partial charge in [-0.2, -0.15) is 0 Å². The summed E-state index contributed by atoms with van der Waals surface area (Å²) in [6.07, 6.45) is 0.644. The summed E-state index contributed by atoms with van der Waals surface area (Å²) in [6.45, 7) is 8.13. The van der Waals surface area contributed by atoms with Crippen LogP contribution >= 0.6 is 0 Å². The van der Waals surface area contributed by atoms with E-state index in [0.29, 0.717) is 13.0 Å². The van der Waals surface area contributed by atoms with Crippen LogP contribution in [0.1, 0.15) is 25.8 Å². The summed E-state index contributed by atoms with van der Waals surface area (Å²) in [5.41, 5.74) is 0.971. The zero-order valence-corrected chi connectivity index (χ0v) is 13.6. The van der Waals surface area contributed by atoms with E-state index in [-0.39, 0.29) is 24.5 Å². The molecule has 124 valence electrons. The summed E-state index contributed by atoms with van der Waals surface area (Å²) >= 11 is 0. The monoisotopic (exact) mass is 317 g/mol. The van der Waals surface area contributed by atoms with Crippen LogP contribution in [0, 0.1) is 5.92 Å². The van der Waals surface area contributed by atoms with E-state index in [9.17, 15) is 9.59 Å². The van der Waals surface area contributed by atoms with Crippen molar-refractivity contribution in [1.82, 2.24) is 4.90 Å². The van der Waals surface area contributed by atoms with Crippen molar-refractivity contribution in [2.24, 2.45) is 5.92 Å². The molecule has 1 aliphatic heterocycles. The third-order valence-electron chi connectivity index (χ3n) is 3.86. The van der Waals surface area contributed by atoms with Crippen molar-refractivity contribution in [2.75, 3.05) is 6.61 Å². The lowest BCUT2D eigenvalue weighted by Crippen LogP contribution is -2.47. The molecule has 23 heavy (non-hydrogen) atoms. The molecule has 1 heterocycles. The summed E-state index contributed by atoms with van der Waals surface area (Å²) < 4.78 is 10.8. The first-order valence-corrected chi connectivity index (χ1v) is 7.80. The number of hydrogen-bond donors (Lipinski definition) is 0. The Kier molecular flexibility index (Phi) is 5.93. The van der Waals surface area contributed by atoms with Crippen LogP contribution in [0.5, 0.6) is 0 Å². The van der Waals surface area contributed by atoms with Gasteiger partial charge in [-0.05, 0) is 11.5 Å². The van der Waals surface area contributed by atoms with Gasteiger partial charge in [0, 0.05) is 6.42 Å². The maximum absolute atomic E-state index is 12.7. The van der Waals surface area contributed by atoms with E-state index in [1.165, 1.54) is 4.90 Å². The second-order valence-corrected chi connectivity index (χ2v) is 5.91. The van der Waals surface area contributed by atoms with Gasteiger partial charge in [-0.1, -0.05) is 50.3 Å². The largest absolute Gasteiger partial charge is 0.447 e. The Labute approximate surface area is 136 Å². The number of nitrogens with zero attached hydrogens (tertiary/aromatic N) is 1. The van der Waals surface area contributed by atoms with Gasteiger partial charge in [-0.15, -0.1) is 6.58 Å². The summed E-state index contributed by atoms with van der Waals surface area (Å²) in [7, 11) is 0. The van der Waals surface area contributed by atoms with E-state index in [4.69, 9.17) is 9.47 Å². The van der Waals surface area contributed by atoms with Gasteiger partial charge in [0.05, 0.1) is 12.6 Å². The van der Waals surface area contributed by atoms with Crippen molar-refractivity contribution in [3.8, 4) is 0 Å². The maximum Gasteiger partial charge on any atom is 0.417 e. The van der Waals surface area contributed by atoms with Crippen LogP contribution in [0.4, 0.5) is 4.79 Å². The Morgan fingerprint density at radius 2 is 2.13 bits per heavy atom. The molecular formula is C18H23NO4. The van der Waals surface area contributed by atoms with Gasteiger partial charge in [0.2, 0.25) is 0 Å². The lowest BCUT2D eigenvalue weighted by molar-refractivity contribution is -0.142. The van der Waals surface area contributed by atoms with Gasteiger partial charge in [0.25, 0.3) is 5.91 Å². The molecule has 1 aliphatic rings. The van der Waals surface area contributed by atoms with Gasteiger partial charge in [-0.25, -0.2) is 9.69 Å². The molecule has 0 saturated carbocycles. The highest BCUT2D eigenvalue weighted by atomic mass is 16.6. The molecule has 2 atom stereocenters. The number of imide groups is 1. The molecule has 0 bridgehead atoms. The van der Waals surface area contributed by atoms with Gasteiger partial charge in [0.15, 0.2) is 0 Å². The van der Waals surface area contributed by atoms with Gasteiger partial charge >= 0.3 is 6.09 Å². The smallest absolute Gasteiger partial charge is 0.417 e. The number of amides is 2. The fraction of sp³-hybridized carbons (Fsp3) is 0.444. The second kappa shape index (κ2) is 7.92. The highest BCUT2D eigenvalue weighted by molar-refractivity contribution is 5.96. The molecule has 0 radical (unpaired) electrons. The minimum absolute atomic E-state index is 0.129. The maximum atomic E-state index is 12.7. The summed E-state index contributed by atoms with van der Waals surface area (Å²) in [6, 6.07) is 9.35. The van der Waals surface area contributed by atoms with E-state index in [0.717, 1.165) is 5.56 Å². The standard InChI is InChI=1S/C18H23NO4/c1-4-8-16(22-11-14-9-6-5-7-10-14)17(20)19-15(13(2)3)12-23-18(19)21/h4-7,9-10,13,15-16H,1,8,11-12H2,2-3H3/t15-,16-/m1/s1. The van der Waals surface area contributed by atoms with Crippen LogP contribution in [-0.2, 0) is 20.9 Å². The molecule has 0 N–H and O–H groups in total. The van der Waals surface area contributed by atoms with Crippen molar-refractivity contribution >= 4 is 12.0 Å². The zero-order chi connectivity index (χ0) is 16.8. The normalized spacial score (nSPS) is 18.8. The summed E-state index contributed by atoms with van der Waals surface area (Å²) in [4.78, 5) is 25.8. The van der Waals surface area contributed by atoms with E-state index in [2.05, 4.69) is 6.58 Å². The van der Waals surface area contributed by atoms with Crippen molar-refractivity contribution in [3.63, 3.8) is 0 Å². The number of ether oxygens (including phenoxy) is 2. The van der Waals surface area contributed by atoms with Gasteiger partial charge < -0.3 is 9.47 Å². The Bertz CT molecular complexity index is 555. The summed E-state index contributed by atoms with van der Waals surface area (Å²) in [5, 5.41) is 0. The third kappa shape index (κ3) is 4.20. The molecule has 2 rings (SSSR count). The molecular weight excluding hydrogens is 294 g/mol. The number of benzene rings is 1. The van der Waals surface area contributed by atoms with Crippen LogP contribution in [0.3, 0.4) is 0 Å². The molecule has 1 fully saturated rings. The van der Waals surface area contributed by atoms with E-state index in [1.54, 1.807) is 6.08 Å². The number of carbonyl (C=O) groups excluding carboxylic acids is 2. The van der Waals surface area contributed by atoms with Crippen LogP contribution in [-0.4, -0.2) is 35.7 Å². The van der Waals surface area contributed by atoms with Crippen LogP contribution in [0.25, 0.3) is 0 Å². The molecule has 5 nitrogen and oxygen atoms in total. The van der Waals surface area contributed by atoms with Gasteiger partial charge in [0.1, 0.15) is 12.7 Å². The van der Waals surface area contributed by atoms with Crippen LogP contribution < -0.4 is 0 Å². The Morgan fingerprint density at radius 3 is 2.74 bits per heavy atom. The van der Waals surface area contributed by atoms with Crippen LogP contribution in [0.2, 0.25) is 0 Å². The second-order valence-electron chi connectivity index (χ2n) is 5.91. The number of rotatable bonds is 7. The quantitative estimate of drug-likeness (QED) is 0.725. The molecule has 0 spiro atoms. The molecule has 1 aromatic carbocycles. The minimum atomic E-state index is -0.736. The average molecular weight is 317 g/mol. The summed E-state index contributed by atoms with van der Waals surface area (Å²) in [5.74, 6) is -0.231. The Balaban J connectivity index is 2.08. The molecule has 1 saturated heterocycles.